The summed E-state index contributed by atoms with van der Waals surface area (Å²) < 4.78 is 20.9. The van der Waals surface area contributed by atoms with E-state index < -0.39 is 6.10 Å². The molecule has 1 unspecified atom stereocenters. The molecular formula is C17H20O5. The van der Waals surface area contributed by atoms with Gasteiger partial charge in [-0.25, -0.2) is 0 Å². The summed E-state index contributed by atoms with van der Waals surface area (Å²) in [6.07, 6.45) is -0.699. The predicted molar refractivity (Wildman–Crippen MR) is 82.3 cm³/mol. The SMILES string of the molecule is COCOCC(O)COc1ccc(Oc2ccccc2)cc1. The molecule has 0 amide bonds. The lowest BCUT2D eigenvalue weighted by molar-refractivity contribution is -0.0685. The van der Waals surface area contributed by atoms with Crippen molar-refractivity contribution in [3.63, 3.8) is 0 Å². The summed E-state index contributed by atoms with van der Waals surface area (Å²) in [5.41, 5.74) is 0. The fraction of sp³-hybridized carbons (Fsp3) is 0.294. The van der Waals surface area contributed by atoms with Crippen LogP contribution in [0.1, 0.15) is 0 Å². The van der Waals surface area contributed by atoms with Crippen molar-refractivity contribution in [2.75, 3.05) is 27.1 Å². The first kappa shape index (κ1) is 16.3. The molecule has 0 aliphatic carbocycles. The Hall–Kier alpha value is -2.08. The van der Waals surface area contributed by atoms with E-state index in [-0.39, 0.29) is 20.0 Å². The lowest BCUT2D eigenvalue weighted by Gasteiger charge is -2.13. The standard InChI is InChI=1S/C17H20O5/c1-19-13-20-11-14(18)12-21-15-7-9-17(10-8-15)22-16-5-3-2-4-6-16/h2-10,14,18H,11-13H2,1H3. The van der Waals surface area contributed by atoms with Gasteiger partial charge in [0.15, 0.2) is 0 Å². The van der Waals surface area contributed by atoms with Gasteiger partial charge in [-0.15, -0.1) is 0 Å². The van der Waals surface area contributed by atoms with Crippen LogP contribution < -0.4 is 9.47 Å². The van der Waals surface area contributed by atoms with E-state index in [1.54, 1.807) is 12.1 Å². The molecule has 5 heteroatoms. The Morgan fingerprint density at radius 3 is 2.18 bits per heavy atom. The van der Waals surface area contributed by atoms with Gasteiger partial charge in [-0.2, -0.15) is 0 Å². The number of hydrogen-bond acceptors (Lipinski definition) is 5. The van der Waals surface area contributed by atoms with Gasteiger partial charge in [0.2, 0.25) is 0 Å². The third-order valence-corrected chi connectivity index (χ3v) is 2.76. The number of ether oxygens (including phenoxy) is 4. The van der Waals surface area contributed by atoms with Crippen LogP contribution in [0.25, 0.3) is 0 Å². The van der Waals surface area contributed by atoms with Gasteiger partial charge in [0.1, 0.15) is 36.8 Å². The smallest absolute Gasteiger partial charge is 0.146 e. The fourth-order valence-corrected chi connectivity index (χ4v) is 1.74. The maximum absolute atomic E-state index is 9.66. The molecule has 22 heavy (non-hydrogen) atoms. The normalized spacial score (nSPS) is 11.9. The Labute approximate surface area is 130 Å². The summed E-state index contributed by atoms with van der Waals surface area (Å²) in [5, 5.41) is 9.66. The van der Waals surface area contributed by atoms with E-state index in [0.29, 0.717) is 5.75 Å². The first-order chi connectivity index (χ1) is 10.8. The molecule has 0 saturated carbocycles. The number of aliphatic hydroxyl groups excluding tert-OH is 1. The quantitative estimate of drug-likeness (QED) is 0.570. The fourth-order valence-electron chi connectivity index (χ4n) is 1.74. The molecule has 0 spiro atoms. The van der Waals surface area contributed by atoms with E-state index in [9.17, 15) is 5.11 Å². The minimum absolute atomic E-state index is 0.155. The third-order valence-electron chi connectivity index (χ3n) is 2.76. The molecule has 2 aromatic rings. The molecule has 5 nitrogen and oxygen atoms in total. The molecule has 0 aromatic heterocycles. The molecule has 2 aromatic carbocycles. The van der Waals surface area contributed by atoms with Crippen LogP contribution in [0.4, 0.5) is 0 Å². The van der Waals surface area contributed by atoms with Crippen LogP contribution in [0.15, 0.2) is 54.6 Å². The second-order valence-corrected chi connectivity index (χ2v) is 4.63. The minimum Gasteiger partial charge on any atom is -0.491 e. The topological polar surface area (TPSA) is 57.2 Å². The van der Waals surface area contributed by atoms with Crippen LogP contribution in [0.2, 0.25) is 0 Å². The number of aliphatic hydroxyl groups is 1. The highest BCUT2D eigenvalue weighted by Gasteiger charge is 2.06. The zero-order valence-corrected chi connectivity index (χ0v) is 12.5. The number of hydrogen-bond donors (Lipinski definition) is 1. The van der Waals surface area contributed by atoms with Crippen LogP contribution in [0.5, 0.6) is 17.2 Å². The Morgan fingerprint density at radius 1 is 0.864 bits per heavy atom. The van der Waals surface area contributed by atoms with Crippen molar-refractivity contribution in [1.82, 2.24) is 0 Å². The van der Waals surface area contributed by atoms with Gasteiger partial charge in [0, 0.05) is 7.11 Å². The van der Waals surface area contributed by atoms with Gasteiger partial charge in [-0.1, -0.05) is 18.2 Å². The van der Waals surface area contributed by atoms with Crippen LogP contribution in [-0.2, 0) is 9.47 Å². The Bertz CT molecular complexity index is 527. The third kappa shape index (κ3) is 5.73. The van der Waals surface area contributed by atoms with Crippen molar-refractivity contribution in [2.24, 2.45) is 0 Å². The van der Waals surface area contributed by atoms with Crippen molar-refractivity contribution in [1.29, 1.82) is 0 Å². The van der Waals surface area contributed by atoms with Gasteiger partial charge in [-0.3, -0.25) is 0 Å². The molecule has 0 bridgehead atoms. The van der Waals surface area contributed by atoms with Gasteiger partial charge >= 0.3 is 0 Å². The average Bonchev–Trinajstić information content (AvgIpc) is 2.55. The number of benzene rings is 2. The van der Waals surface area contributed by atoms with E-state index in [0.717, 1.165) is 11.5 Å². The van der Waals surface area contributed by atoms with E-state index in [1.165, 1.54) is 7.11 Å². The minimum atomic E-state index is -0.699. The van der Waals surface area contributed by atoms with Crippen molar-refractivity contribution in [2.45, 2.75) is 6.10 Å². The Morgan fingerprint density at radius 2 is 1.50 bits per heavy atom. The van der Waals surface area contributed by atoms with Gasteiger partial charge in [0.25, 0.3) is 0 Å². The highest BCUT2D eigenvalue weighted by atomic mass is 16.7. The van der Waals surface area contributed by atoms with E-state index in [1.807, 2.05) is 42.5 Å². The molecule has 0 radical (unpaired) electrons. The molecule has 118 valence electrons. The monoisotopic (exact) mass is 304 g/mol. The second kappa shape index (κ2) is 9.04. The summed E-state index contributed by atoms with van der Waals surface area (Å²) >= 11 is 0. The van der Waals surface area contributed by atoms with Gasteiger partial charge < -0.3 is 24.1 Å². The van der Waals surface area contributed by atoms with Crippen LogP contribution in [-0.4, -0.2) is 38.3 Å². The molecule has 0 heterocycles. The zero-order valence-electron chi connectivity index (χ0n) is 12.5. The van der Waals surface area contributed by atoms with Crippen LogP contribution in [0.3, 0.4) is 0 Å². The zero-order chi connectivity index (χ0) is 15.6. The Kier molecular flexibility index (Phi) is 6.70. The molecule has 1 atom stereocenters. The van der Waals surface area contributed by atoms with E-state index >= 15 is 0 Å². The van der Waals surface area contributed by atoms with E-state index in [2.05, 4.69) is 0 Å². The first-order valence-electron chi connectivity index (χ1n) is 6.98. The lowest BCUT2D eigenvalue weighted by Crippen LogP contribution is -2.23. The highest BCUT2D eigenvalue weighted by molar-refractivity contribution is 5.35. The van der Waals surface area contributed by atoms with Crippen LogP contribution in [0, 0.1) is 0 Å². The first-order valence-corrected chi connectivity index (χ1v) is 6.98. The molecule has 0 aliphatic rings. The van der Waals surface area contributed by atoms with Crippen LogP contribution >= 0.6 is 0 Å². The van der Waals surface area contributed by atoms with Crippen molar-refractivity contribution < 1.29 is 24.1 Å². The molecule has 0 saturated heterocycles. The molecule has 0 aliphatic heterocycles. The summed E-state index contributed by atoms with van der Waals surface area (Å²) in [6.45, 7) is 0.480. The van der Waals surface area contributed by atoms with Gasteiger partial charge in [-0.05, 0) is 36.4 Å². The average molecular weight is 304 g/mol. The second-order valence-electron chi connectivity index (χ2n) is 4.63. The summed E-state index contributed by atoms with van der Waals surface area (Å²) in [4.78, 5) is 0. The molecule has 0 fully saturated rings. The number of methoxy groups -OCH3 is 1. The highest BCUT2D eigenvalue weighted by Crippen LogP contribution is 2.23. The summed E-state index contributed by atoms with van der Waals surface area (Å²) in [7, 11) is 1.53. The molecule has 2 rings (SSSR count). The lowest BCUT2D eigenvalue weighted by atomic mass is 10.3. The maximum Gasteiger partial charge on any atom is 0.146 e. The summed E-state index contributed by atoms with van der Waals surface area (Å²) in [6, 6.07) is 16.8. The number of para-hydroxylation sites is 1. The molecule has 1 N–H and O–H groups in total. The van der Waals surface area contributed by atoms with Crippen molar-refractivity contribution >= 4 is 0 Å². The predicted octanol–water partition coefficient (Wildman–Crippen LogP) is 2.84. The van der Waals surface area contributed by atoms with Gasteiger partial charge in [0.05, 0.1) is 6.61 Å². The number of rotatable bonds is 9. The Balaban J connectivity index is 1.77. The maximum atomic E-state index is 9.66. The van der Waals surface area contributed by atoms with E-state index in [4.69, 9.17) is 18.9 Å². The summed E-state index contributed by atoms with van der Waals surface area (Å²) in [5.74, 6) is 2.16. The van der Waals surface area contributed by atoms with Crippen molar-refractivity contribution in [3.05, 3.63) is 54.6 Å². The largest absolute Gasteiger partial charge is 0.491 e. The molecular weight excluding hydrogens is 284 g/mol. The van der Waals surface area contributed by atoms with Crippen molar-refractivity contribution in [3.8, 4) is 17.2 Å².